The van der Waals surface area contributed by atoms with Crippen molar-refractivity contribution in [1.82, 2.24) is 15.0 Å². The van der Waals surface area contributed by atoms with Crippen LogP contribution < -0.4 is 20.7 Å². The molecule has 3 N–H and O–H groups in total. The summed E-state index contributed by atoms with van der Waals surface area (Å²) in [6.07, 6.45) is 0. The van der Waals surface area contributed by atoms with E-state index in [4.69, 9.17) is 10.5 Å². The highest BCUT2D eigenvalue weighted by atomic mass is 16.5. The molecule has 0 spiro atoms. The number of benzene rings is 1. The van der Waals surface area contributed by atoms with Gasteiger partial charge in [-0.05, 0) is 31.2 Å². The number of hydrogen-bond donors (Lipinski definition) is 2. The van der Waals surface area contributed by atoms with Crippen molar-refractivity contribution in [2.24, 2.45) is 0 Å². The minimum Gasteiger partial charge on any atom is -0.464 e. The summed E-state index contributed by atoms with van der Waals surface area (Å²) in [7, 11) is 3.98. The van der Waals surface area contributed by atoms with E-state index >= 15 is 0 Å². The first-order valence-electron chi connectivity index (χ1n) is 6.27. The lowest BCUT2D eigenvalue weighted by atomic mass is 10.2. The molecule has 0 atom stereocenters. The van der Waals surface area contributed by atoms with Crippen LogP contribution in [0.1, 0.15) is 6.92 Å². The lowest BCUT2D eigenvalue weighted by Gasteiger charge is -2.13. The van der Waals surface area contributed by atoms with E-state index in [2.05, 4.69) is 20.3 Å². The Hall–Kier alpha value is -2.57. The van der Waals surface area contributed by atoms with Gasteiger partial charge in [0.2, 0.25) is 11.9 Å². The van der Waals surface area contributed by atoms with E-state index in [-0.39, 0.29) is 12.0 Å². The number of nitrogens with zero attached hydrogens (tertiary/aromatic N) is 4. The highest BCUT2D eigenvalue weighted by Crippen LogP contribution is 2.19. The Kier molecular flexibility index (Phi) is 4.19. The fourth-order valence-electron chi connectivity index (χ4n) is 1.59. The smallest absolute Gasteiger partial charge is 0.323 e. The van der Waals surface area contributed by atoms with Gasteiger partial charge in [-0.2, -0.15) is 15.0 Å². The Morgan fingerprint density at radius 3 is 2.45 bits per heavy atom. The van der Waals surface area contributed by atoms with Crippen molar-refractivity contribution in [3.63, 3.8) is 0 Å². The first kappa shape index (κ1) is 13.9. The second kappa shape index (κ2) is 6.05. The van der Waals surface area contributed by atoms with Crippen LogP contribution in [0.4, 0.5) is 23.3 Å². The number of hydrogen-bond acceptors (Lipinski definition) is 7. The zero-order valence-corrected chi connectivity index (χ0v) is 11.8. The third kappa shape index (κ3) is 3.47. The summed E-state index contributed by atoms with van der Waals surface area (Å²) in [5.74, 6) is 0.481. The van der Waals surface area contributed by atoms with Gasteiger partial charge in [0.15, 0.2) is 0 Å². The monoisotopic (exact) mass is 274 g/mol. The van der Waals surface area contributed by atoms with Crippen molar-refractivity contribution >= 4 is 23.3 Å². The van der Waals surface area contributed by atoms with Crippen molar-refractivity contribution in [2.75, 3.05) is 36.7 Å². The molecule has 0 aliphatic rings. The van der Waals surface area contributed by atoms with E-state index in [1.54, 1.807) is 0 Å². The highest BCUT2D eigenvalue weighted by Gasteiger charge is 2.05. The average molecular weight is 274 g/mol. The summed E-state index contributed by atoms with van der Waals surface area (Å²) in [5, 5.41) is 3.07. The number of nitrogens with two attached hydrogens (primary N) is 1. The third-order valence-corrected chi connectivity index (χ3v) is 2.55. The minimum absolute atomic E-state index is 0.121. The zero-order valence-electron chi connectivity index (χ0n) is 11.8. The van der Waals surface area contributed by atoms with Crippen molar-refractivity contribution in [3.05, 3.63) is 24.3 Å². The van der Waals surface area contributed by atoms with E-state index in [1.807, 2.05) is 50.2 Å². The van der Waals surface area contributed by atoms with Crippen LogP contribution in [0.2, 0.25) is 0 Å². The summed E-state index contributed by atoms with van der Waals surface area (Å²) in [6.45, 7) is 2.33. The number of nitrogen functional groups attached to an aromatic ring is 1. The topological polar surface area (TPSA) is 89.2 Å². The van der Waals surface area contributed by atoms with E-state index in [0.717, 1.165) is 11.4 Å². The summed E-state index contributed by atoms with van der Waals surface area (Å²) < 4.78 is 5.23. The second-order valence-electron chi connectivity index (χ2n) is 4.30. The van der Waals surface area contributed by atoms with Crippen LogP contribution in [-0.2, 0) is 0 Å². The largest absolute Gasteiger partial charge is 0.464 e. The molecule has 0 fully saturated rings. The molecule has 1 heterocycles. The van der Waals surface area contributed by atoms with E-state index < -0.39 is 0 Å². The molecule has 7 nitrogen and oxygen atoms in total. The van der Waals surface area contributed by atoms with Crippen molar-refractivity contribution in [1.29, 1.82) is 0 Å². The maximum Gasteiger partial charge on any atom is 0.323 e. The van der Waals surface area contributed by atoms with Crippen LogP contribution in [0.25, 0.3) is 0 Å². The Morgan fingerprint density at radius 1 is 1.15 bits per heavy atom. The molecule has 1 aromatic heterocycles. The van der Waals surface area contributed by atoms with Crippen LogP contribution in [0.5, 0.6) is 6.01 Å². The molecular weight excluding hydrogens is 256 g/mol. The van der Waals surface area contributed by atoms with Gasteiger partial charge in [-0.15, -0.1) is 0 Å². The van der Waals surface area contributed by atoms with Gasteiger partial charge in [-0.3, -0.25) is 0 Å². The quantitative estimate of drug-likeness (QED) is 0.857. The Balaban J connectivity index is 2.16. The molecule has 0 aliphatic heterocycles. The Morgan fingerprint density at radius 2 is 1.85 bits per heavy atom. The summed E-state index contributed by atoms with van der Waals surface area (Å²) >= 11 is 0. The van der Waals surface area contributed by atoms with Gasteiger partial charge in [0.05, 0.1) is 6.61 Å². The van der Waals surface area contributed by atoms with Crippen molar-refractivity contribution in [2.45, 2.75) is 6.92 Å². The number of aromatic nitrogens is 3. The molecule has 0 aliphatic carbocycles. The Bertz CT molecular complexity index is 570. The number of ether oxygens (including phenoxy) is 1. The normalized spacial score (nSPS) is 10.2. The van der Waals surface area contributed by atoms with Crippen molar-refractivity contribution in [3.8, 4) is 6.01 Å². The molecule has 1 aromatic carbocycles. The third-order valence-electron chi connectivity index (χ3n) is 2.55. The van der Waals surface area contributed by atoms with Crippen LogP contribution in [0.15, 0.2) is 24.3 Å². The molecule has 106 valence electrons. The standard InChI is InChI=1S/C13H18N6O/c1-4-20-13-17-11(14)16-12(18-13)15-9-5-7-10(8-6-9)19(2)3/h5-8H,4H2,1-3H3,(H3,14,15,16,17,18). The molecule has 0 saturated carbocycles. The van der Waals surface area contributed by atoms with Crippen LogP contribution in [0, 0.1) is 0 Å². The van der Waals surface area contributed by atoms with Crippen LogP contribution in [0.3, 0.4) is 0 Å². The van der Waals surface area contributed by atoms with E-state index in [1.165, 1.54) is 0 Å². The van der Waals surface area contributed by atoms with E-state index in [0.29, 0.717) is 12.6 Å². The molecule has 0 radical (unpaired) electrons. The van der Waals surface area contributed by atoms with Gasteiger partial charge in [-0.25, -0.2) is 0 Å². The van der Waals surface area contributed by atoms with Crippen LogP contribution >= 0.6 is 0 Å². The molecule has 7 heteroatoms. The maximum atomic E-state index is 5.62. The molecular formula is C13H18N6O. The molecule has 0 bridgehead atoms. The first-order chi connectivity index (χ1) is 9.58. The van der Waals surface area contributed by atoms with Crippen LogP contribution in [-0.4, -0.2) is 35.7 Å². The van der Waals surface area contributed by atoms with Gasteiger partial charge < -0.3 is 20.7 Å². The SMILES string of the molecule is CCOc1nc(N)nc(Nc2ccc(N(C)C)cc2)n1. The fraction of sp³-hybridized carbons (Fsp3) is 0.308. The molecule has 0 saturated heterocycles. The minimum atomic E-state index is 0.121. The fourth-order valence-corrected chi connectivity index (χ4v) is 1.59. The summed E-state index contributed by atoms with van der Waals surface area (Å²) in [6, 6.07) is 8.09. The number of rotatable bonds is 5. The summed E-state index contributed by atoms with van der Waals surface area (Å²) in [4.78, 5) is 14.1. The average Bonchev–Trinajstić information content (AvgIpc) is 2.39. The van der Waals surface area contributed by atoms with Gasteiger partial charge in [0, 0.05) is 25.5 Å². The zero-order chi connectivity index (χ0) is 14.5. The van der Waals surface area contributed by atoms with E-state index in [9.17, 15) is 0 Å². The maximum absolute atomic E-state index is 5.62. The number of nitrogens with one attached hydrogen (secondary N) is 1. The second-order valence-corrected chi connectivity index (χ2v) is 4.30. The van der Waals surface area contributed by atoms with Gasteiger partial charge in [0.1, 0.15) is 0 Å². The Labute approximate surface area is 117 Å². The summed E-state index contributed by atoms with van der Waals surface area (Å²) in [5.41, 5.74) is 7.59. The highest BCUT2D eigenvalue weighted by molar-refractivity contribution is 5.59. The van der Waals surface area contributed by atoms with Gasteiger partial charge in [0.25, 0.3) is 0 Å². The molecule has 2 aromatic rings. The first-order valence-corrected chi connectivity index (χ1v) is 6.27. The van der Waals surface area contributed by atoms with Gasteiger partial charge >= 0.3 is 6.01 Å². The predicted octanol–water partition coefficient (Wildman–Crippen LogP) is 1.66. The van der Waals surface area contributed by atoms with Gasteiger partial charge in [-0.1, -0.05) is 0 Å². The molecule has 20 heavy (non-hydrogen) atoms. The number of anilines is 4. The molecule has 0 amide bonds. The molecule has 2 rings (SSSR count). The molecule has 0 unspecified atom stereocenters. The predicted molar refractivity (Wildman–Crippen MR) is 79.5 cm³/mol. The lowest BCUT2D eigenvalue weighted by molar-refractivity contribution is 0.312. The van der Waals surface area contributed by atoms with Crippen molar-refractivity contribution < 1.29 is 4.74 Å². The lowest BCUT2D eigenvalue weighted by Crippen LogP contribution is -2.08.